The van der Waals surface area contributed by atoms with Crippen LogP contribution in [0.1, 0.15) is 194 Å². The minimum Gasteiger partial charge on any atom is -0.462 e. The largest absolute Gasteiger partial charge is 0.462 e. The molecule has 0 aromatic carbocycles. The van der Waals surface area contributed by atoms with E-state index in [4.69, 9.17) is 18.9 Å². The number of hydrogen-bond donors (Lipinski definition) is 4. The molecule has 10 heteroatoms. The summed E-state index contributed by atoms with van der Waals surface area (Å²) in [6.45, 7) is 3.41. The molecule has 10 nitrogen and oxygen atoms in total. The number of aliphatic hydroxyl groups is 4. The Morgan fingerprint density at radius 2 is 1.00 bits per heavy atom. The fourth-order valence-corrected chi connectivity index (χ4v) is 6.65. The molecular formula is C43H80O10. The first-order valence-electron chi connectivity index (χ1n) is 21.8. The summed E-state index contributed by atoms with van der Waals surface area (Å²) in [5.41, 5.74) is 0. The Labute approximate surface area is 322 Å². The maximum absolute atomic E-state index is 12.7. The highest BCUT2D eigenvalue weighted by atomic mass is 16.7. The second-order valence-corrected chi connectivity index (χ2v) is 15.2. The Morgan fingerprint density at radius 1 is 0.566 bits per heavy atom. The number of hydrogen-bond acceptors (Lipinski definition) is 10. The first kappa shape index (κ1) is 49.5. The van der Waals surface area contributed by atoms with Crippen LogP contribution in [0.3, 0.4) is 0 Å². The van der Waals surface area contributed by atoms with Gasteiger partial charge in [-0.05, 0) is 38.5 Å². The molecule has 4 N–H and O–H groups in total. The number of carbonyl (C=O) groups is 2. The van der Waals surface area contributed by atoms with Gasteiger partial charge in [-0.1, -0.05) is 154 Å². The topological polar surface area (TPSA) is 152 Å². The van der Waals surface area contributed by atoms with Crippen molar-refractivity contribution in [3.8, 4) is 0 Å². The van der Waals surface area contributed by atoms with Gasteiger partial charge in [0.25, 0.3) is 0 Å². The van der Waals surface area contributed by atoms with Gasteiger partial charge in [-0.3, -0.25) is 9.59 Å². The number of unbranched alkanes of at least 4 members (excludes halogenated alkanes) is 23. The third kappa shape index (κ3) is 26.8. The second kappa shape index (κ2) is 34.9. The molecule has 0 amide bonds. The van der Waals surface area contributed by atoms with E-state index in [0.29, 0.717) is 6.42 Å². The van der Waals surface area contributed by atoms with E-state index in [2.05, 4.69) is 26.0 Å². The molecule has 0 aromatic heterocycles. The third-order valence-corrected chi connectivity index (χ3v) is 10.2. The highest BCUT2D eigenvalue weighted by Gasteiger charge is 2.44. The van der Waals surface area contributed by atoms with Crippen LogP contribution in [0.4, 0.5) is 0 Å². The van der Waals surface area contributed by atoms with Gasteiger partial charge in [0, 0.05) is 12.8 Å². The van der Waals surface area contributed by atoms with Crippen molar-refractivity contribution >= 4 is 11.9 Å². The van der Waals surface area contributed by atoms with E-state index >= 15 is 0 Å². The molecule has 0 aliphatic carbocycles. The standard InChI is InChI=1S/C43H80O10/c1-3-5-7-9-11-13-15-17-18-20-21-23-25-27-29-31-38(45)50-34-36(35-51-43-42(49)41(48)40(47)37(33-44)53-43)52-39(46)32-30-28-26-24-22-19-16-14-12-10-8-6-4-2/h17-18,36-37,40-44,47-49H,3-16,19-35H2,1-2H3/b18-17-/t36-,37-,40-,41+,42-,43-/m1/s1. The average molecular weight is 757 g/mol. The van der Waals surface area contributed by atoms with Crippen molar-refractivity contribution in [2.45, 2.75) is 230 Å². The summed E-state index contributed by atoms with van der Waals surface area (Å²) in [5, 5.41) is 40.0. The van der Waals surface area contributed by atoms with Crippen molar-refractivity contribution in [3.05, 3.63) is 12.2 Å². The van der Waals surface area contributed by atoms with Gasteiger partial charge >= 0.3 is 11.9 Å². The summed E-state index contributed by atoms with van der Waals surface area (Å²) in [6.07, 6.45) is 27.9. The monoisotopic (exact) mass is 757 g/mol. The average Bonchev–Trinajstić information content (AvgIpc) is 3.15. The Hall–Kier alpha value is -1.56. The maximum atomic E-state index is 12.7. The van der Waals surface area contributed by atoms with Gasteiger partial charge in [0.2, 0.25) is 0 Å². The van der Waals surface area contributed by atoms with Gasteiger partial charge < -0.3 is 39.4 Å². The van der Waals surface area contributed by atoms with Crippen LogP contribution in [0.5, 0.6) is 0 Å². The first-order valence-corrected chi connectivity index (χ1v) is 21.8. The smallest absolute Gasteiger partial charge is 0.306 e. The van der Waals surface area contributed by atoms with Crippen molar-refractivity contribution in [2.75, 3.05) is 19.8 Å². The van der Waals surface area contributed by atoms with Crippen LogP contribution in [-0.2, 0) is 28.5 Å². The number of ether oxygens (including phenoxy) is 4. The molecule has 0 spiro atoms. The molecule has 0 aromatic rings. The number of allylic oxidation sites excluding steroid dienone is 2. The van der Waals surface area contributed by atoms with Crippen LogP contribution >= 0.6 is 0 Å². The Kier molecular flexibility index (Phi) is 32.6. The van der Waals surface area contributed by atoms with Crippen molar-refractivity contribution in [3.63, 3.8) is 0 Å². The molecule has 0 saturated carbocycles. The molecule has 1 fully saturated rings. The van der Waals surface area contributed by atoms with Crippen LogP contribution in [0.25, 0.3) is 0 Å². The van der Waals surface area contributed by atoms with Crippen molar-refractivity contribution < 1.29 is 49.0 Å². The van der Waals surface area contributed by atoms with Gasteiger partial charge in [0.05, 0.1) is 13.2 Å². The SMILES string of the molecule is CCCCCCCC/C=C\CCCCCCCC(=O)OC[C@H](CO[C@@H]1O[C@H](CO)[C@@H](O)[C@H](O)[C@H]1O)OC(=O)CCCCCCCCCCCCCCC. The molecule has 6 atom stereocenters. The summed E-state index contributed by atoms with van der Waals surface area (Å²) >= 11 is 0. The van der Waals surface area contributed by atoms with E-state index in [1.807, 2.05) is 0 Å². The van der Waals surface area contributed by atoms with E-state index in [1.165, 1.54) is 103 Å². The summed E-state index contributed by atoms with van der Waals surface area (Å²) in [5.74, 6) is -0.809. The molecule has 0 radical (unpaired) electrons. The first-order chi connectivity index (χ1) is 25.8. The zero-order valence-electron chi connectivity index (χ0n) is 33.8. The van der Waals surface area contributed by atoms with Gasteiger partial charge in [0.15, 0.2) is 12.4 Å². The zero-order valence-corrected chi connectivity index (χ0v) is 33.8. The fraction of sp³-hybridized carbons (Fsp3) is 0.907. The number of aliphatic hydroxyl groups excluding tert-OH is 4. The van der Waals surface area contributed by atoms with Crippen LogP contribution < -0.4 is 0 Å². The fourth-order valence-electron chi connectivity index (χ4n) is 6.65. The van der Waals surface area contributed by atoms with E-state index in [9.17, 15) is 30.0 Å². The lowest BCUT2D eigenvalue weighted by molar-refractivity contribution is -0.305. The van der Waals surface area contributed by atoms with Crippen LogP contribution in [0.15, 0.2) is 12.2 Å². The molecular weight excluding hydrogens is 676 g/mol. The van der Waals surface area contributed by atoms with E-state index in [-0.39, 0.29) is 32.0 Å². The number of carbonyl (C=O) groups excluding carboxylic acids is 2. The highest BCUT2D eigenvalue weighted by Crippen LogP contribution is 2.23. The highest BCUT2D eigenvalue weighted by molar-refractivity contribution is 5.70. The quantitative estimate of drug-likeness (QED) is 0.0277. The lowest BCUT2D eigenvalue weighted by Crippen LogP contribution is -2.59. The van der Waals surface area contributed by atoms with Crippen LogP contribution in [0, 0.1) is 0 Å². The minimum absolute atomic E-state index is 0.217. The lowest BCUT2D eigenvalue weighted by atomic mass is 9.99. The summed E-state index contributed by atoms with van der Waals surface area (Å²) in [6, 6.07) is 0. The summed E-state index contributed by atoms with van der Waals surface area (Å²) in [4.78, 5) is 25.3. The summed E-state index contributed by atoms with van der Waals surface area (Å²) < 4.78 is 22.1. The Morgan fingerprint density at radius 3 is 1.47 bits per heavy atom. The molecule has 0 bridgehead atoms. The van der Waals surface area contributed by atoms with Crippen molar-refractivity contribution in [1.82, 2.24) is 0 Å². The zero-order chi connectivity index (χ0) is 38.8. The van der Waals surface area contributed by atoms with Gasteiger partial charge in [-0.15, -0.1) is 0 Å². The minimum atomic E-state index is -1.59. The molecule has 1 aliphatic rings. The van der Waals surface area contributed by atoms with Gasteiger partial charge in [-0.25, -0.2) is 0 Å². The molecule has 1 saturated heterocycles. The molecule has 312 valence electrons. The number of rotatable bonds is 36. The molecule has 1 heterocycles. The van der Waals surface area contributed by atoms with Gasteiger partial charge in [0.1, 0.15) is 31.0 Å². The molecule has 1 rings (SSSR count). The summed E-state index contributed by atoms with van der Waals surface area (Å²) in [7, 11) is 0. The normalized spacial score (nSPS) is 20.9. The Balaban J connectivity index is 2.34. The van der Waals surface area contributed by atoms with Gasteiger partial charge in [-0.2, -0.15) is 0 Å². The number of esters is 2. The van der Waals surface area contributed by atoms with Crippen molar-refractivity contribution in [2.24, 2.45) is 0 Å². The predicted octanol–water partition coefficient (Wildman–Crippen LogP) is 8.78. The van der Waals surface area contributed by atoms with E-state index in [0.717, 1.165) is 57.8 Å². The maximum Gasteiger partial charge on any atom is 0.306 e. The second-order valence-electron chi connectivity index (χ2n) is 15.2. The predicted molar refractivity (Wildman–Crippen MR) is 210 cm³/mol. The Bertz CT molecular complexity index is 881. The van der Waals surface area contributed by atoms with Crippen molar-refractivity contribution in [1.29, 1.82) is 0 Å². The lowest BCUT2D eigenvalue weighted by Gasteiger charge is -2.39. The molecule has 53 heavy (non-hydrogen) atoms. The van der Waals surface area contributed by atoms with E-state index < -0.39 is 49.4 Å². The van der Waals surface area contributed by atoms with Crippen LogP contribution in [-0.4, -0.2) is 89.0 Å². The molecule has 0 unspecified atom stereocenters. The van der Waals surface area contributed by atoms with E-state index in [1.54, 1.807) is 0 Å². The molecule has 1 aliphatic heterocycles. The third-order valence-electron chi connectivity index (χ3n) is 10.2. The van der Waals surface area contributed by atoms with Crippen LogP contribution in [0.2, 0.25) is 0 Å².